The van der Waals surface area contributed by atoms with Crippen LogP contribution in [0.15, 0.2) is 30.7 Å². The zero-order valence-electron chi connectivity index (χ0n) is 13.2. The molecule has 4 heterocycles. The van der Waals surface area contributed by atoms with Gasteiger partial charge in [-0.1, -0.05) is 0 Å². The van der Waals surface area contributed by atoms with Gasteiger partial charge in [0.2, 0.25) is 5.95 Å². The van der Waals surface area contributed by atoms with Crippen molar-refractivity contribution in [2.24, 2.45) is 5.92 Å². The summed E-state index contributed by atoms with van der Waals surface area (Å²) < 4.78 is 2.06. The molecule has 2 N–H and O–H groups in total. The fourth-order valence-corrected chi connectivity index (χ4v) is 3.39. The Kier molecular flexibility index (Phi) is 4.10. The van der Waals surface area contributed by atoms with Crippen LogP contribution < -0.4 is 15.5 Å². The highest BCUT2D eigenvalue weighted by Gasteiger charge is 2.23. The minimum Gasteiger partial charge on any atom is -0.370 e. The number of rotatable bonds is 4. The quantitative estimate of drug-likeness (QED) is 0.876. The van der Waals surface area contributed by atoms with Gasteiger partial charge >= 0.3 is 0 Å². The third-order valence-corrected chi connectivity index (χ3v) is 4.74. The van der Waals surface area contributed by atoms with Gasteiger partial charge in [-0.05, 0) is 18.9 Å². The van der Waals surface area contributed by atoms with E-state index in [1.54, 1.807) is 0 Å². The second kappa shape index (κ2) is 6.54. The van der Waals surface area contributed by atoms with E-state index in [-0.39, 0.29) is 0 Å². The van der Waals surface area contributed by atoms with E-state index in [1.165, 1.54) is 0 Å². The van der Waals surface area contributed by atoms with Gasteiger partial charge in [-0.25, -0.2) is 14.6 Å². The van der Waals surface area contributed by atoms with Gasteiger partial charge in [0.05, 0.1) is 6.20 Å². The monoisotopic (exact) mass is 313 g/mol. The molecule has 2 aromatic heterocycles. The van der Waals surface area contributed by atoms with Gasteiger partial charge in [-0.2, -0.15) is 5.10 Å². The van der Waals surface area contributed by atoms with E-state index in [4.69, 9.17) is 0 Å². The van der Waals surface area contributed by atoms with E-state index >= 15 is 0 Å². The van der Waals surface area contributed by atoms with E-state index in [2.05, 4.69) is 35.3 Å². The van der Waals surface area contributed by atoms with Crippen LogP contribution in [0.3, 0.4) is 0 Å². The van der Waals surface area contributed by atoms with Crippen molar-refractivity contribution in [2.75, 3.05) is 36.4 Å². The van der Waals surface area contributed by atoms with Crippen LogP contribution in [0.2, 0.25) is 0 Å². The van der Waals surface area contributed by atoms with E-state index in [1.807, 2.05) is 30.7 Å². The summed E-state index contributed by atoms with van der Waals surface area (Å²) >= 11 is 0. The zero-order valence-corrected chi connectivity index (χ0v) is 13.2. The van der Waals surface area contributed by atoms with Crippen molar-refractivity contribution in [3.63, 3.8) is 0 Å². The molecule has 122 valence electrons. The number of fused-ring (bicyclic) bond motifs is 1. The van der Waals surface area contributed by atoms with Crippen LogP contribution in [0.5, 0.6) is 0 Å². The molecule has 23 heavy (non-hydrogen) atoms. The average Bonchev–Trinajstić information content (AvgIpc) is 3.09. The maximum Gasteiger partial charge on any atom is 0.225 e. The molecular formula is C16H23N7. The lowest BCUT2D eigenvalue weighted by Gasteiger charge is -2.34. The first-order valence-corrected chi connectivity index (χ1v) is 8.39. The molecule has 0 bridgehead atoms. The Hall–Kier alpha value is -2.15. The highest BCUT2D eigenvalue weighted by molar-refractivity contribution is 5.35. The highest BCUT2D eigenvalue weighted by Crippen LogP contribution is 2.18. The van der Waals surface area contributed by atoms with Gasteiger partial charge in [-0.3, -0.25) is 0 Å². The molecule has 7 heteroatoms. The standard InChI is InChI=1S/C16H23N7/c1-5-17-16(18-6-1)22-8-3-14(4-9-22)19-10-13-11-20-15-2-7-21-23(15)12-13/h1-2,5-7,13-14,19-20H,3-4,8-12H2. The van der Waals surface area contributed by atoms with Gasteiger partial charge in [0.1, 0.15) is 5.82 Å². The van der Waals surface area contributed by atoms with E-state index in [9.17, 15) is 0 Å². The van der Waals surface area contributed by atoms with E-state index in [0.29, 0.717) is 12.0 Å². The molecule has 2 aliphatic heterocycles. The van der Waals surface area contributed by atoms with Gasteiger partial charge in [0.15, 0.2) is 0 Å². The summed E-state index contributed by atoms with van der Waals surface area (Å²) in [6.45, 7) is 5.11. The molecule has 0 radical (unpaired) electrons. The molecule has 1 saturated heterocycles. The Morgan fingerprint density at radius 1 is 1.17 bits per heavy atom. The molecule has 7 nitrogen and oxygen atoms in total. The third kappa shape index (κ3) is 3.29. The molecular weight excluding hydrogens is 290 g/mol. The van der Waals surface area contributed by atoms with Gasteiger partial charge in [0.25, 0.3) is 0 Å². The van der Waals surface area contributed by atoms with Crippen LogP contribution >= 0.6 is 0 Å². The minimum absolute atomic E-state index is 0.592. The van der Waals surface area contributed by atoms with Gasteiger partial charge in [-0.15, -0.1) is 0 Å². The van der Waals surface area contributed by atoms with Crippen molar-refractivity contribution < 1.29 is 0 Å². The second-order valence-corrected chi connectivity index (χ2v) is 6.36. The smallest absolute Gasteiger partial charge is 0.225 e. The summed E-state index contributed by atoms with van der Waals surface area (Å²) in [6.07, 6.45) is 7.77. The van der Waals surface area contributed by atoms with Crippen molar-refractivity contribution in [3.8, 4) is 0 Å². The molecule has 1 unspecified atom stereocenters. The van der Waals surface area contributed by atoms with Crippen LogP contribution in [0.1, 0.15) is 12.8 Å². The first-order valence-electron chi connectivity index (χ1n) is 8.39. The van der Waals surface area contributed by atoms with E-state index < -0.39 is 0 Å². The Labute approximate surface area is 136 Å². The number of anilines is 2. The molecule has 1 fully saturated rings. The Morgan fingerprint density at radius 2 is 2.00 bits per heavy atom. The van der Waals surface area contributed by atoms with Crippen LogP contribution in [-0.2, 0) is 6.54 Å². The molecule has 2 aliphatic rings. The highest BCUT2D eigenvalue weighted by atomic mass is 15.3. The van der Waals surface area contributed by atoms with E-state index in [0.717, 1.165) is 57.3 Å². The number of hydrogen-bond donors (Lipinski definition) is 2. The number of nitrogens with zero attached hydrogens (tertiary/aromatic N) is 5. The zero-order chi connectivity index (χ0) is 15.5. The largest absolute Gasteiger partial charge is 0.370 e. The van der Waals surface area contributed by atoms with Crippen LogP contribution in [-0.4, -0.2) is 52.0 Å². The normalized spacial score (nSPS) is 21.7. The summed E-state index contributed by atoms with van der Waals surface area (Å²) in [5.74, 6) is 2.59. The van der Waals surface area contributed by atoms with Crippen LogP contribution in [0.4, 0.5) is 11.8 Å². The Bertz CT molecular complexity index is 618. The topological polar surface area (TPSA) is 70.9 Å². The lowest BCUT2D eigenvalue weighted by molar-refractivity contribution is 0.342. The molecule has 2 aromatic rings. The predicted octanol–water partition coefficient (Wildman–Crippen LogP) is 0.973. The second-order valence-electron chi connectivity index (χ2n) is 6.36. The summed E-state index contributed by atoms with van der Waals surface area (Å²) in [4.78, 5) is 11.0. The first kappa shape index (κ1) is 14.4. The maximum atomic E-state index is 4.35. The van der Waals surface area contributed by atoms with Crippen molar-refractivity contribution in [2.45, 2.75) is 25.4 Å². The van der Waals surface area contributed by atoms with Gasteiger partial charge in [0, 0.05) is 63.1 Å². The summed E-state index contributed by atoms with van der Waals surface area (Å²) in [5.41, 5.74) is 0. The summed E-state index contributed by atoms with van der Waals surface area (Å²) in [7, 11) is 0. The fourth-order valence-electron chi connectivity index (χ4n) is 3.39. The van der Waals surface area contributed by atoms with Crippen molar-refractivity contribution in [1.82, 2.24) is 25.1 Å². The first-order chi connectivity index (χ1) is 11.4. The molecule has 0 amide bonds. The van der Waals surface area contributed by atoms with Gasteiger partial charge < -0.3 is 15.5 Å². The molecule has 1 atom stereocenters. The maximum absolute atomic E-state index is 4.35. The fraction of sp³-hybridized carbons (Fsp3) is 0.562. The third-order valence-electron chi connectivity index (χ3n) is 4.74. The number of aromatic nitrogens is 4. The molecule has 0 aromatic carbocycles. The lowest BCUT2D eigenvalue weighted by atomic mass is 10.0. The Balaban J connectivity index is 1.23. The molecule has 4 rings (SSSR count). The number of hydrogen-bond acceptors (Lipinski definition) is 6. The average molecular weight is 313 g/mol. The molecule has 0 spiro atoms. The number of nitrogens with one attached hydrogen (secondary N) is 2. The molecule has 0 aliphatic carbocycles. The lowest BCUT2D eigenvalue weighted by Crippen LogP contribution is -2.46. The Morgan fingerprint density at radius 3 is 2.83 bits per heavy atom. The number of piperidine rings is 1. The van der Waals surface area contributed by atoms with Crippen molar-refractivity contribution >= 4 is 11.8 Å². The molecule has 0 saturated carbocycles. The predicted molar refractivity (Wildman–Crippen MR) is 89.5 cm³/mol. The van der Waals surface area contributed by atoms with Crippen molar-refractivity contribution in [3.05, 3.63) is 30.7 Å². The van der Waals surface area contributed by atoms with Crippen LogP contribution in [0.25, 0.3) is 0 Å². The van der Waals surface area contributed by atoms with Crippen LogP contribution in [0, 0.1) is 5.92 Å². The SMILES string of the molecule is c1cnc(N2CCC(NCC3CNc4ccnn4C3)CC2)nc1. The van der Waals surface area contributed by atoms with Crippen molar-refractivity contribution in [1.29, 1.82) is 0 Å². The summed E-state index contributed by atoms with van der Waals surface area (Å²) in [6, 6.07) is 4.49. The minimum atomic E-state index is 0.592. The summed E-state index contributed by atoms with van der Waals surface area (Å²) in [5, 5.41) is 11.5.